The second kappa shape index (κ2) is 5.50. The van der Waals surface area contributed by atoms with Crippen LogP contribution in [0.4, 0.5) is 0 Å². The second-order valence-electron chi connectivity index (χ2n) is 0.911. The molecule has 4 heteroatoms. The monoisotopic (exact) mass is 146 g/mol. The molecule has 0 saturated heterocycles. The summed E-state index contributed by atoms with van der Waals surface area (Å²) in [6.07, 6.45) is 1.46. The molecule has 0 radical (unpaired) electrons. The Labute approximate surface area is 58.9 Å². The third-order valence-corrected chi connectivity index (χ3v) is 1.14. The fourth-order valence-corrected chi connectivity index (χ4v) is 0.606. The van der Waals surface area contributed by atoms with E-state index in [0.29, 0.717) is 5.19 Å². The van der Waals surface area contributed by atoms with Gasteiger partial charge in [0.2, 0.25) is 0 Å². The van der Waals surface area contributed by atoms with Gasteiger partial charge in [-0.05, 0) is 0 Å². The first-order chi connectivity index (χ1) is 4.43. The van der Waals surface area contributed by atoms with Crippen molar-refractivity contribution in [3.05, 3.63) is 6.33 Å². The fourth-order valence-electron chi connectivity index (χ4n) is 0.253. The van der Waals surface area contributed by atoms with E-state index in [4.69, 9.17) is 4.74 Å². The standard InChI is InChI=1S/C3H4N2OS.C2H6/c1-6-3-4-2-5-7-3;1-2/h2H,1H3;1-2H3. The van der Waals surface area contributed by atoms with Crippen LogP contribution in [0.3, 0.4) is 0 Å². The van der Waals surface area contributed by atoms with E-state index in [9.17, 15) is 0 Å². The third kappa shape index (κ3) is 3.03. The Balaban J connectivity index is 0.000000291. The lowest BCUT2D eigenvalue weighted by Gasteiger charge is -1.82. The average molecular weight is 146 g/mol. The van der Waals surface area contributed by atoms with Gasteiger partial charge in [0.25, 0.3) is 5.19 Å². The van der Waals surface area contributed by atoms with E-state index in [0.717, 1.165) is 0 Å². The number of methoxy groups -OCH3 is 1. The van der Waals surface area contributed by atoms with Gasteiger partial charge in [-0.2, -0.15) is 9.36 Å². The largest absolute Gasteiger partial charge is 0.472 e. The number of hydrogen-bond donors (Lipinski definition) is 0. The topological polar surface area (TPSA) is 35.0 Å². The highest BCUT2D eigenvalue weighted by molar-refractivity contribution is 7.07. The predicted octanol–water partition coefficient (Wildman–Crippen LogP) is 1.57. The van der Waals surface area contributed by atoms with E-state index in [1.165, 1.54) is 17.9 Å². The summed E-state index contributed by atoms with van der Waals surface area (Å²) in [7, 11) is 1.57. The fraction of sp³-hybridized carbons (Fsp3) is 0.600. The molecule has 0 fully saturated rings. The highest BCUT2D eigenvalue weighted by Gasteiger charge is 1.87. The zero-order valence-electron chi connectivity index (χ0n) is 5.79. The first-order valence-corrected chi connectivity index (χ1v) is 3.51. The maximum absolute atomic E-state index is 4.70. The molecule has 0 atom stereocenters. The van der Waals surface area contributed by atoms with Gasteiger partial charge in [-0.15, -0.1) is 0 Å². The van der Waals surface area contributed by atoms with Crippen LogP contribution in [0.15, 0.2) is 6.33 Å². The highest BCUT2D eigenvalue weighted by atomic mass is 32.1. The van der Waals surface area contributed by atoms with Crippen molar-refractivity contribution >= 4 is 11.5 Å². The Morgan fingerprint density at radius 3 is 2.44 bits per heavy atom. The Kier molecular flexibility index (Phi) is 5.11. The van der Waals surface area contributed by atoms with Gasteiger partial charge in [-0.1, -0.05) is 13.8 Å². The van der Waals surface area contributed by atoms with Gasteiger partial charge < -0.3 is 4.74 Å². The summed E-state index contributed by atoms with van der Waals surface area (Å²) in [5.41, 5.74) is 0. The molecule has 1 aromatic heterocycles. The van der Waals surface area contributed by atoms with Crippen LogP contribution in [-0.4, -0.2) is 16.5 Å². The molecular weight excluding hydrogens is 136 g/mol. The van der Waals surface area contributed by atoms with E-state index in [-0.39, 0.29) is 0 Å². The lowest BCUT2D eigenvalue weighted by Crippen LogP contribution is -1.76. The van der Waals surface area contributed by atoms with Gasteiger partial charge in [0.05, 0.1) is 7.11 Å². The zero-order valence-corrected chi connectivity index (χ0v) is 6.60. The molecule has 9 heavy (non-hydrogen) atoms. The summed E-state index contributed by atoms with van der Waals surface area (Å²) in [6.45, 7) is 4.00. The van der Waals surface area contributed by atoms with Crippen LogP contribution in [0.5, 0.6) is 5.19 Å². The smallest absolute Gasteiger partial charge is 0.292 e. The van der Waals surface area contributed by atoms with Crippen molar-refractivity contribution in [2.24, 2.45) is 0 Å². The molecule has 0 spiro atoms. The SMILES string of the molecule is CC.COc1ncns1. The minimum absolute atomic E-state index is 0.611. The van der Waals surface area contributed by atoms with Crippen LogP contribution in [0.1, 0.15) is 13.8 Å². The Hall–Kier alpha value is -0.640. The molecule has 0 aromatic carbocycles. The summed E-state index contributed by atoms with van der Waals surface area (Å²) in [5, 5.41) is 0.611. The average Bonchev–Trinajstić information content (AvgIpc) is 2.43. The summed E-state index contributed by atoms with van der Waals surface area (Å²) < 4.78 is 8.40. The molecular formula is C5H10N2OS. The zero-order chi connectivity index (χ0) is 7.11. The summed E-state index contributed by atoms with van der Waals surface area (Å²) in [6, 6.07) is 0. The van der Waals surface area contributed by atoms with Crippen LogP contribution >= 0.6 is 11.5 Å². The lowest BCUT2D eigenvalue weighted by atomic mass is 11.0. The van der Waals surface area contributed by atoms with Gasteiger partial charge >= 0.3 is 0 Å². The normalized spacial score (nSPS) is 7.44. The lowest BCUT2D eigenvalue weighted by molar-refractivity contribution is 0.412. The van der Waals surface area contributed by atoms with E-state index in [1.54, 1.807) is 7.11 Å². The van der Waals surface area contributed by atoms with E-state index in [2.05, 4.69) is 9.36 Å². The Morgan fingerprint density at radius 2 is 2.22 bits per heavy atom. The number of ether oxygens (including phenoxy) is 1. The van der Waals surface area contributed by atoms with E-state index >= 15 is 0 Å². The highest BCUT2D eigenvalue weighted by Crippen LogP contribution is 2.07. The van der Waals surface area contributed by atoms with Crippen LogP contribution in [0, 0.1) is 0 Å². The van der Waals surface area contributed by atoms with Crippen molar-refractivity contribution in [2.45, 2.75) is 13.8 Å². The van der Waals surface area contributed by atoms with Gasteiger partial charge in [0.1, 0.15) is 6.33 Å². The summed E-state index contributed by atoms with van der Waals surface area (Å²) in [5.74, 6) is 0. The number of hydrogen-bond acceptors (Lipinski definition) is 4. The van der Waals surface area contributed by atoms with E-state index < -0.39 is 0 Å². The maximum atomic E-state index is 4.70. The van der Waals surface area contributed by atoms with Crippen molar-refractivity contribution in [3.63, 3.8) is 0 Å². The minimum Gasteiger partial charge on any atom is -0.472 e. The molecule has 1 heterocycles. The van der Waals surface area contributed by atoms with Crippen molar-refractivity contribution in [2.75, 3.05) is 7.11 Å². The first kappa shape index (κ1) is 8.36. The first-order valence-electron chi connectivity index (χ1n) is 2.74. The predicted molar refractivity (Wildman–Crippen MR) is 37.8 cm³/mol. The number of aromatic nitrogens is 2. The van der Waals surface area contributed by atoms with Crippen molar-refractivity contribution in [1.82, 2.24) is 9.36 Å². The molecule has 0 amide bonds. The van der Waals surface area contributed by atoms with Crippen LogP contribution in [0.25, 0.3) is 0 Å². The van der Waals surface area contributed by atoms with Gasteiger partial charge in [-0.25, -0.2) is 0 Å². The van der Waals surface area contributed by atoms with Crippen molar-refractivity contribution in [3.8, 4) is 5.19 Å². The molecule has 0 aliphatic heterocycles. The second-order valence-corrected chi connectivity index (χ2v) is 1.65. The molecule has 0 bridgehead atoms. The van der Waals surface area contributed by atoms with Gasteiger partial charge in [0.15, 0.2) is 0 Å². The maximum Gasteiger partial charge on any atom is 0.292 e. The van der Waals surface area contributed by atoms with E-state index in [1.807, 2.05) is 13.8 Å². The third-order valence-electron chi connectivity index (χ3n) is 0.516. The minimum atomic E-state index is 0.611. The summed E-state index contributed by atoms with van der Waals surface area (Å²) in [4.78, 5) is 3.72. The molecule has 1 aromatic rings. The molecule has 0 N–H and O–H groups in total. The van der Waals surface area contributed by atoms with Gasteiger partial charge in [0, 0.05) is 11.5 Å². The molecule has 0 saturated carbocycles. The van der Waals surface area contributed by atoms with Crippen molar-refractivity contribution in [1.29, 1.82) is 0 Å². The molecule has 0 aliphatic rings. The van der Waals surface area contributed by atoms with Crippen LogP contribution in [-0.2, 0) is 0 Å². The number of rotatable bonds is 1. The molecule has 1 rings (SSSR count). The Bertz CT molecular complexity index is 130. The molecule has 3 nitrogen and oxygen atoms in total. The molecule has 0 unspecified atom stereocenters. The molecule has 52 valence electrons. The summed E-state index contributed by atoms with van der Waals surface area (Å²) >= 11 is 1.24. The quantitative estimate of drug-likeness (QED) is 0.603. The van der Waals surface area contributed by atoms with Crippen LogP contribution in [0.2, 0.25) is 0 Å². The van der Waals surface area contributed by atoms with Crippen molar-refractivity contribution < 1.29 is 4.74 Å². The van der Waals surface area contributed by atoms with Gasteiger partial charge in [-0.3, -0.25) is 0 Å². The number of nitrogens with zero attached hydrogens (tertiary/aromatic N) is 2. The van der Waals surface area contributed by atoms with Crippen LogP contribution < -0.4 is 4.74 Å². The Morgan fingerprint density at radius 1 is 1.56 bits per heavy atom. The molecule has 0 aliphatic carbocycles.